The number of rotatable bonds is 3. The van der Waals surface area contributed by atoms with Gasteiger partial charge in [-0.3, -0.25) is 0 Å². The smallest absolute Gasteiger partial charge is 0.338 e. The average molecular weight is 330 g/mol. The van der Waals surface area contributed by atoms with Gasteiger partial charge in [-0.25, -0.2) is 4.79 Å². The molecule has 0 spiro atoms. The molecule has 3 atom stereocenters. The number of hydrogen-bond acceptors (Lipinski definition) is 2. The highest BCUT2D eigenvalue weighted by molar-refractivity contribution is 5.91. The molecule has 2 saturated heterocycles. The van der Waals surface area contributed by atoms with Crippen LogP contribution < -0.4 is 0 Å². The van der Waals surface area contributed by atoms with Gasteiger partial charge in [0.2, 0.25) is 0 Å². The predicted octanol–water partition coefficient (Wildman–Crippen LogP) is 4.18. The maximum absolute atomic E-state index is 12.6. The summed E-state index contributed by atoms with van der Waals surface area (Å²) in [4.78, 5) is 12.6. The number of aryl methyl sites for hydroxylation is 3. The third-order valence-corrected chi connectivity index (χ3v) is 6.50. The second kappa shape index (κ2) is 6.87. The number of carbonyl (C=O) groups is 1. The zero-order valence-electron chi connectivity index (χ0n) is 15.7. The van der Waals surface area contributed by atoms with Gasteiger partial charge in [0.1, 0.15) is 6.61 Å². The number of esters is 1. The van der Waals surface area contributed by atoms with E-state index in [-0.39, 0.29) is 5.97 Å². The number of benzene rings is 1. The van der Waals surface area contributed by atoms with Gasteiger partial charge < -0.3 is 9.22 Å². The van der Waals surface area contributed by atoms with Crippen molar-refractivity contribution >= 4 is 5.97 Å². The summed E-state index contributed by atoms with van der Waals surface area (Å²) in [7, 11) is 2.41. The molecule has 2 heterocycles. The third kappa shape index (κ3) is 3.37. The lowest BCUT2D eigenvalue weighted by Gasteiger charge is -2.51. The van der Waals surface area contributed by atoms with Gasteiger partial charge >= 0.3 is 5.97 Å². The van der Waals surface area contributed by atoms with Crippen LogP contribution in [0.25, 0.3) is 0 Å². The van der Waals surface area contributed by atoms with Crippen molar-refractivity contribution in [2.45, 2.75) is 58.9 Å². The fourth-order valence-corrected chi connectivity index (χ4v) is 4.87. The summed E-state index contributed by atoms with van der Waals surface area (Å²) in [5.41, 5.74) is 4.13. The number of nitrogens with zero attached hydrogens (tertiary/aromatic N) is 1. The first-order valence-electron chi connectivity index (χ1n) is 9.50. The van der Waals surface area contributed by atoms with Crippen molar-refractivity contribution in [1.29, 1.82) is 0 Å². The molecule has 0 N–H and O–H groups in total. The molecular weight excluding hydrogens is 298 g/mol. The molecule has 0 radical (unpaired) electrons. The second-order valence-electron chi connectivity index (χ2n) is 8.24. The molecule has 3 rings (SSSR count). The maximum atomic E-state index is 12.6. The molecule has 3 nitrogen and oxygen atoms in total. The van der Waals surface area contributed by atoms with Crippen LogP contribution in [0.15, 0.2) is 12.1 Å². The van der Waals surface area contributed by atoms with E-state index in [4.69, 9.17) is 4.74 Å². The first-order chi connectivity index (χ1) is 11.4. The van der Waals surface area contributed by atoms with Crippen molar-refractivity contribution in [2.24, 2.45) is 5.92 Å². The highest BCUT2D eigenvalue weighted by Crippen LogP contribution is 2.36. The van der Waals surface area contributed by atoms with Crippen LogP contribution >= 0.6 is 0 Å². The number of hydrogen-bond donors (Lipinski definition) is 0. The standard InChI is InChI=1S/C21H32NO2/c1-15-12-17(3)19(13-16(15)2)21(23)24-14-18-8-7-11-22(4)10-6-5-9-20(18)22/h12-13,18,20H,5-11,14H2,1-4H3/q+1/t18-,20-,22?/m1/s1. The lowest BCUT2D eigenvalue weighted by atomic mass is 9.82. The molecular formula is C21H32NO2+. The molecule has 0 bridgehead atoms. The highest BCUT2D eigenvalue weighted by Gasteiger charge is 2.43. The number of fused-ring (bicyclic) bond motifs is 1. The van der Waals surface area contributed by atoms with Crippen LogP contribution in [0.5, 0.6) is 0 Å². The van der Waals surface area contributed by atoms with Gasteiger partial charge in [-0.05, 0) is 69.2 Å². The Balaban J connectivity index is 1.67. The first kappa shape index (κ1) is 17.5. The van der Waals surface area contributed by atoms with Crippen LogP contribution in [0, 0.1) is 26.7 Å². The monoisotopic (exact) mass is 330 g/mol. The Hall–Kier alpha value is -1.35. The molecule has 2 aliphatic heterocycles. The molecule has 132 valence electrons. The zero-order valence-corrected chi connectivity index (χ0v) is 15.7. The summed E-state index contributed by atoms with van der Waals surface area (Å²) in [5, 5.41) is 0. The van der Waals surface area contributed by atoms with E-state index in [0.29, 0.717) is 18.6 Å². The van der Waals surface area contributed by atoms with Gasteiger partial charge in [-0.2, -0.15) is 0 Å². The average Bonchev–Trinajstić information content (AvgIpc) is 2.55. The molecule has 3 heteroatoms. The molecule has 24 heavy (non-hydrogen) atoms. The molecule has 1 unspecified atom stereocenters. The lowest BCUT2D eigenvalue weighted by Crippen LogP contribution is -2.61. The molecule has 2 aliphatic rings. The van der Waals surface area contributed by atoms with Gasteiger partial charge in [0, 0.05) is 12.3 Å². The van der Waals surface area contributed by atoms with E-state index in [1.807, 2.05) is 13.0 Å². The van der Waals surface area contributed by atoms with E-state index in [0.717, 1.165) is 16.7 Å². The second-order valence-corrected chi connectivity index (χ2v) is 8.24. The topological polar surface area (TPSA) is 26.3 Å². The van der Waals surface area contributed by atoms with Crippen LogP contribution in [-0.2, 0) is 4.74 Å². The highest BCUT2D eigenvalue weighted by atomic mass is 16.5. The van der Waals surface area contributed by atoms with E-state index in [9.17, 15) is 4.79 Å². The normalized spacial score (nSPS) is 29.8. The Bertz CT molecular complexity index is 621. The number of piperidine rings is 2. The molecule has 2 fully saturated rings. The summed E-state index contributed by atoms with van der Waals surface area (Å²) < 4.78 is 6.99. The fraction of sp³-hybridized carbons (Fsp3) is 0.667. The van der Waals surface area contributed by atoms with Crippen LogP contribution in [0.4, 0.5) is 0 Å². The molecule has 1 aromatic carbocycles. The summed E-state index contributed by atoms with van der Waals surface area (Å²) in [6.45, 7) is 9.32. The number of carbonyl (C=O) groups excluding carboxylic acids is 1. The minimum absolute atomic E-state index is 0.147. The van der Waals surface area contributed by atoms with Gasteiger partial charge in [0.15, 0.2) is 0 Å². The third-order valence-electron chi connectivity index (χ3n) is 6.50. The van der Waals surface area contributed by atoms with Crippen molar-refractivity contribution in [3.8, 4) is 0 Å². The number of ether oxygens (including phenoxy) is 1. The Morgan fingerprint density at radius 2 is 1.75 bits per heavy atom. The zero-order chi connectivity index (χ0) is 17.3. The van der Waals surface area contributed by atoms with Crippen LogP contribution in [0.3, 0.4) is 0 Å². The Morgan fingerprint density at radius 3 is 2.54 bits per heavy atom. The molecule has 0 aliphatic carbocycles. The van der Waals surface area contributed by atoms with Gasteiger partial charge in [-0.15, -0.1) is 0 Å². The Morgan fingerprint density at radius 1 is 1.04 bits per heavy atom. The van der Waals surface area contributed by atoms with Crippen LogP contribution in [-0.4, -0.2) is 43.2 Å². The van der Waals surface area contributed by atoms with Gasteiger partial charge in [-0.1, -0.05) is 6.07 Å². The molecule has 1 aromatic rings. The Labute approximate surface area is 146 Å². The summed E-state index contributed by atoms with van der Waals surface area (Å²) in [6.07, 6.45) is 6.44. The Kier molecular flexibility index (Phi) is 5.00. The van der Waals surface area contributed by atoms with Gasteiger partial charge in [0.05, 0.1) is 31.7 Å². The fourth-order valence-electron chi connectivity index (χ4n) is 4.87. The molecule has 0 saturated carbocycles. The molecule has 0 amide bonds. The van der Waals surface area contributed by atoms with Crippen molar-refractivity contribution in [3.63, 3.8) is 0 Å². The minimum atomic E-state index is -0.147. The SMILES string of the molecule is Cc1cc(C)c(C(=O)OC[C@H]2CCC[N+]3(C)CCCC[C@H]23)cc1C. The van der Waals surface area contributed by atoms with Gasteiger partial charge in [0.25, 0.3) is 0 Å². The van der Waals surface area contributed by atoms with E-state index < -0.39 is 0 Å². The predicted molar refractivity (Wildman–Crippen MR) is 97.2 cm³/mol. The summed E-state index contributed by atoms with van der Waals surface area (Å²) in [6, 6.07) is 4.75. The van der Waals surface area contributed by atoms with Crippen molar-refractivity contribution < 1.29 is 14.0 Å². The summed E-state index contributed by atoms with van der Waals surface area (Å²) >= 11 is 0. The van der Waals surface area contributed by atoms with Crippen molar-refractivity contribution in [3.05, 3.63) is 34.4 Å². The van der Waals surface area contributed by atoms with E-state index in [1.165, 1.54) is 55.2 Å². The summed E-state index contributed by atoms with van der Waals surface area (Å²) in [5.74, 6) is 0.381. The van der Waals surface area contributed by atoms with Crippen molar-refractivity contribution in [2.75, 3.05) is 26.7 Å². The minimum Gasteiger partial charge on any atom is -0.462 e. The quantitative estimate of drug-likeness (QED) is 0.614. The maximum Gasteiger partial charge on any atom is 0.338 e. The van der Waals surface area contributed by atoms with Crippen molar-refractivity contribution in [1.82, 2.24) is 0 Å². The van der Waals surface area contributed by atoms with Crippen LogP contribution in [0.1, 0.15) is 59.2 Å². The number of quaternary nitrogens is 1. The first-order valence-corrected chi connectivity index (χ1v) is 9.50. The van der Waals surface area contributed by atoms with Crippen LogP contribution in [0.2, 0.25) is 0 Å². The van der Waals surface area contributed by atoms with E-state index >= 15 is 0 Å². The van der Waals surface area contributed by atoms with E-state index in [1.54, 1.807) is 0 Å². The van der Waals surface area contributed by atoms with E-state index in [2.05, 4.69) is 27.0 Å². The molecule has 0 aromatic heterocycles. The lowest BCUT2D eigenvalue weighted by molar-refractivity contribution is -0.947. The largest absolute Gasteiger partial charge is 0.462 e.